The lowest BCUT2D eigenvalue weighted by molar-refractivity contribution is -0.384. The van der Waals surface area contributed by atoms with Crippen LogP contribution in [0.4, 0.5) is 11.4 Å². The van der Waals surface area contributed by atoms with Gasteiger partial charge in [0.15, 0.2) is 0 Å². The second kappa shape index (κ2) is 4.87. The molecule has 0 saturated heterocycles. The molecule has 0 aliphatic heterocycles. The summed E-state index contributed by atoms with van der Waals surface area (Å²) in [5, 5.41) is 18.1. The molecule has 2 aromatic rings. The fourth-order valence-corrected chi connectivity index (χ4v) is 1.72. The summed E-state index contributed by atoms with van der Waals surface area (Å²) in [7, 11) is 1.85. The van der Waals surface area contributed by atoms with E-state index in [0.29, 0.717) is 6.54 Å². The standard InChI is InChI=1S/C12H14N4O2/c1-9-5-11(7-12(6-9)16(17)18)13-8-10-3-4-15(2)14-10/h3-7,13H,8H2,1-2H3. The summed E-state index contributed by atoms with van der Waals surface area (Å²) in [5.41, 5.74) is 2.57. The van der Waals surface area contributed by atoms with Crippen molar-refractivity contribution in [1.82, 2.24) is 9.78 Å². The Labute approximate surface area is 104 Å². The van der Waals surface area contributed by atoms with Crippen LogP contribution in [0.2, 0.25) is 0 Å². The molecule has 2 rings (SSSR count). The molecular weight excluding hydrogens is 232 g/mol. The van der Waals surface area contributed by atoms with Gasteiger partial charge in [-0.15, -0.1) is 0 Å². The van der Waals surface area contributed by atoms with E-state index in [4.69, 9.17) is 0 Å². The molecule has 0 aliphatic rings. The number of anilines is 1. The van der Waals surface area contributed by atoms with Gasteiger partial charge in [0.25, 0.3) is 5.69 Å². The number of nitro benzene ring substituents is 1. The minimum absolute atomic E-state index is 0.0959. The summed E-state index contributed by atoms with van der Waals surface area (Å²) in [4.78, 5) is 10.4. The molecule has 0 amide bonds. The van der Waals surface area contributed by atoms with Crippen molar-refractivity contribution >= 4 is 11.4 Å². The highest BCUT2D eigenvalue weighted by Crippen LogP contribution is 2.20. The maximum atomic E-state index is 10.7. The predicted molar refractivity (Wildman–Crippen MR) is 68.4 cm³/mol. The fraction of sp³-hybridized carbons (Fsp3) is 0.250. The minimum atomic E-state index is -0.390. The Balaban J connectivity index is 2.11. The van der Waals surface area contributed by atoms with Crippen LogP contribution in [0.1, 0.15) is 11.3 Å². The largest absolute Gasteiger partial charge is 0.379 e. The first-order valence-corrected chi connectivity index (χ1v) is 5.53. The lowest BCUT2D eigenvalue weighted by Crippen LogP contribution is -2.02. The van der Waals surface area contributed by atoms with E-state index in [0.717, 1.165) is 16.9 Å². The first kappa shape index (κ1) is 12.1. The van der Waals surface area contributed by atoms with Crippen LogP contribution < -0.4 is 5.32 Å². The minimum Gasteiger partial charge on any atom is -0.379 e. The second-order valence-corrected chi connectivity index (χ2v) is 4.15. The van der Waals surface area contributed by atoms with Gasteiger partial charge < -0.3 is 5.32 Å². The molecular formula is C12H14N4O2. The predicted octanol–water partition coefficient (Wildman–Crippen LogP) is 2.25. The smallest absolute Gasteiger partial charge is 0.271 e. The average Bonchev–Trinajstić information content (AvgIpc) is 2.72. The molecule has 1 aromatic heterocycles. The molecule has 1 aromatic carbocycles. The van der Waals surface area contributed by atoms with Gasteiger partial charge in [0, 0.05) is 31.1 Å². The molecule has 1 heterocycles. The van der Waals surface area contributed by atoms with Crippen molar-refractivity contribution in [2.45, 2.75) is 13.5 Å². The van der Waals surface area contributed by atoms with Gasteiger partial charge in [-0.25, -0.2) is 0 Å². The van der Waals surface area contributed by atoms with Crippen molar-refractivity contribution in [3.05, 3.63) is 51.8 Å². The number of hydrogen-bond donors (Lipinski definition) is 1. The number of rotatable bonds is 4. The molecule has 0 radical (unpaired) electrons. The van der Waals surface area contributed by atoms with Crippen molar-refractivity contribution in [1.29, 1.82) is 0 Å². The molecule has 6 heteroatoms. The van der Waals surface area contributed by atoms with Crippen LogP contribution in [-0.4, -0.2) is 14.7 Å². The summed E-state index contributed by atoms with van der Waals surface area (Å²) < 4.78 is 1.72. The van der Waals surface area contributed by atoms with Crippen LogP contribution >= 0.6 is 0 Å². The van der Waals surface area contributed by atoms with E-state index in [-0.39, 0.29) is 10.6 Å². The maximum Gasteiger partial charge on any atom is 0.271 e. The highest BCUT2D eigenvalue weighted by molar-refractivity contribution is 5.53. The molecule has 0 unspecified atom stereocenters. The van der Waals surface area contributed by atoms with Crippen molar-refractivity contribution in [2.75, 3.05) is 5.32 Å². The number of aromatic nitrogens is 2. The van der Waals surface area contributed by atoms with E-state index in [1.54, 1.807) is 10.7 Å². The third-order valence-corrected chi connectivity index (χ3v) is 2.52. The van der Waals surface area contributed by atoms with Crippen molar-refractivity contribution in [2.24, 2.45) is 7.05 Å². The lowest BCUT2D eigenvalue weighted by Gasteiger charge is -2.05. The topological polar surface area (TPSA) is 73.0 Å². The highest BCUT2D eigenvalue weighted by atomic mass is 16.6. The summed E-state index contributed by atoms with van der Waals surface area (Å²) in [6, 6.07) is 6.84. The van der Waals surface area contributed by atoms with Gasteiger partial charge in [0.2, 0.25) is 0 Å². The summed E-state index contributed by atoms with van der Waals surface area (Å²) >= 11 is 0. The van der Waals surface area contributed by atoms with Gasteiger partial charge in [-0.05, 0) is 24.6 Å². The van der Waals surface area contributed by atoms with Crippen molar-refractivity contribution in [3.8, 4) is 0 Å². The lowest BCUT2D eigenvalue weighted by atomic mass is 10.2. The SMILES string of the molecule is Cc1cc(NCc2ccn(C)n2)cc([N+](=O)[O-])c1. The second-order valence-electron chi connectivity index (χ2n) is 4.15. The van der Waals surface area contributed by atoms with Crippen molar-refractivity contribution in [3.63, 3.8) is 0 Å². The number of non-ortho nitro benzene ring substituents is 1. The first-order valence-electron chi connectivity index (χ1n) is 5.53. The number of nitrogens with zero attached hydrogens (tertiary/aromatic N) is 3. The van der Waals surface area contributed by atoms with E-state index < -0.39 is 0 Å². The number of nitro groups is 1. The van der Waals surface area contributed by atoms with Gasteiger partial charge in [-0.3, -0.25) is 14.8 Å². The van der Waals surface area contributed by atoms with Gasteiger partial charge in [-0.1, -0.05) is 0 Å². The zero-order valence-electron chi connectivity index (χ0n) is 10.3. The highest BCUT2D eigenvalue weighted by Gasteiger charge is 2.08. The summed E-state index contributed by atoms with van der Waals surface area (Å²) in [6.45, 7) is 2.38. The molecule has 6 nitrogen and oxygen atoms in total. The van der Waals surface area contributed by atoms with Crippen LogP contribution in [0, 0.1) is 17.0 Å². The Morgan fingerprint density at radius 3 is 2.83 bits per heavy atom. The van der Waals surface area contributed by atoms with Gasteiger partial charge in [-0.2, -0.15) is 5.10 Å². The Morgan fingerprint density at radius 1 is 1.44 bits per heavy atom. The van der Waals surface area contributed by atoms with E-state index >= 15 is 0 Å². The first-order chi connectivity index (χ1) is 8.54. The van der Waals surface area contributed by atoms with E-state index in [9.17, 15) is 10.1 Å². The van der Waals surface area contributed by atoms with Crippen molar-refractivity contribution < 1.29 is 4.92 Å². The third-order valence-electron chi connectivity index (χ3n) is 2.52. The molecule has 1 N–H and O–H groups in total. The number of nitrogens with one attached hydrogen (secondary N) is 1. The zero-order valence-corrected chi connectivity index (χ0v) is 10.3. The Hall–Kier alpha value is -2.37. The average molecular weight is 246 g/mol. The van der Waals surface area contributed by atoms with E-state index in [1.807, 2.05) is 32.3 Å². The zero-order chi connectivity index (χ0) is 13.1. The fourth-order valence-electron chi connectivity index (χ4n) is 1.72. The molecule has 18 heavy (non-hydrogen) atoms. The Kier molecular flexibility index (Phi) is 3.27. The molecule has 0 spiro atoms. The van der Waals surface area contributed by atoms with Gasteiger partial charge in [0.1, 0.15) is 0 Å². The van der Waals surface area contributed by atoms with Crippen LogP contribution in [0.25, 0.3) is 0 Å². The molecule has 94 valence electrons. The van der Waals surface area contributed by atoms with Gasteiger partial charge >= 0.3 is 0 Å². The van der Waals surface area contributed by atoms with Crippen LogP contribution in [-0.2, 0) is 13.6 Å². The van der Waals surface area contributed by atoms with E-state index in [2.05, 4.69) is 10.4 Å². The van der Waals surface area contributed by atoms with Crippen LogP contribution in [0.3, 0.4) is 0 Å². The third kappa shape index (κ3) is 2.85. The number of hydrogen-bond acceptors (Lipinski definition) is 4. The van der Waals surface area contributed by atoms with E-state index in [1.165, 1.54) is 6.07 Å². The molecule has 0 bridgehead atoms. The van der Waals surface area contributed by atoms with Crippen LogP contribution in [0.5, 0.6) is 0 Å². The molecule has 0 saturated carbocycles. The number of benzene rings is 1. The maximum absolute atomic E-state index is 10.7. The Bertz CT molecular complexity index is 577. The number of aryl methyl sites for hydroxylation is 2. The molecule has 0 atom stereocenters. The monoisotopic (exact) mass is 246 g/mol. The summed E-state index contributed by atoms with van der Waals surface area (Å²) in [6.07, 6.45) is 1.86. The quantitative estimate of drug-likeness (QED) is 0.663. The molecule has 0 fully saturated rings. The summed E-state index contributed by atoms with van der Waals surface area (Å²) in [5.74, 6) is 0. The van der Waals surface area contributed by atoms with Crippen LogP contribution in [0.15, 0.2) is 30.5 Å². The van der Waals surface area contributed by atoms with Gasteiger partial charge in [0.05, 0.1) is 17.2 Å². The normalized spacial score (nSPS) is 10.3. The molecule has 0 aliphatic carbocycles. The Morgan fingerprint density at radius 2 is 2.22 bits per heavy atom.